The number of rotatable bonds is 9. The topological polar surface area (TPSA) is 126 Å². The van der Waals surface area contributed by atoms with Gasteiger partial charge < -0.3 is 16.2 Å². The van der Waals surface area contributed by atoms with E-state index < -0.39 is 6.10 Å². The molecule has 3 aromatic heterocycles. The molecule has 4 aromatic rings. The molecule has 8 nitrogen and oxygen atoms in total. The van der Waals surface area contributed by atoms with Crippen molar-refractivity contribution in [2.24, 2.45) is 5.73 Å². The highest BCUT2D eigenvalue weighted by Gasteiger charge is 2.17. The minimum atomic E-state index is -0.595. The molecule has 0 saturated heterocycles. The number of hydrogen-bond donors (Lipinski definition) is 4. The zero-order valence-corrected chi connectivity index (χ0v) is 18.9. The average Bonchev–Trinajstić information content (AvgIpc) is 3.26. The van der Waals surface area contributed by atoms with Crippen molar-refractivity contribution in [3.8, 4) is 11.3 Å². The number of fused-ring (bicyclic) bond motifs is 1. The first-order valence-electron chi connectivity index (χ1n) is 10.6. The SMILES string of the molecule is CC(C)c1[nH]nc2c(NCc3ccc(-c4ccccn4)cc3)nc(SCC(O)CN)nc12. The van der Waals surface area contributed by atoms with Gasteiger partial charge in [-0.1, -0.05) is 55.9 Å². The summed E-state index contributed by atoms with van der Waals surface area (Å²) < 4.78 is 0. The van der Waals surface area contributed by atoms with E-state index in [1.54, 1.807) is 6.20 Å². The second-order valence-electron chi connectivity index (χ2n) is 7.81. The number of nitrogens with zero attached hydrogens (tertiary/aromatic N) is 4. The first-order chi connectivity index (χ1) is 15.5. The van der Waals surface area contributed by atoms with Crippen LogP contribution in [0.5, 0.6) is 0 Å². The van der Waals surface area contributed by atoms with Gasteiger partial charge in [-0.05, 0) is 23.6 Å². The molecule has 5 N–H and O–H groups in total. The molecule has 0 saturated carbocycles. The number of aromatic nitrogens is 5. The largest absolute Gasteiger partial charge is 0.391 e. The Morgan fingerprint density at radius 1 is 1.09 bits per heavy atom. The lowest BCUT2D eigenvalue weighted by atomic mass is 10.1. The molecule has 1 atom stereocenters. The number of aliphatic hydroxyl groups excluding tert-OH is 1. The lowest BCUT2D eigenvalue weighted by Crippen LogP contribution is -2.22. The van der Waals surface area contributed by atoms with Gasteiger partial charge in [0.05, 0.1) is 17.5 Å². The summed E-state index contributed by atoms with van der Waals surface area (Å²) in [5.41, 5.74) is 11.1. The third kappa shape index (κ3) is 5.07. The summed E-state index contributed by atoms with van der Waals surface area (Å²) in [5.74, 6) is 1.34. The van der Waals surface area contributed by atoms with Crippen molar-refractivity contribution in [1.29, 1.82) is 0 Å². The Labute approximate surface area is 191 Å². The van der Waals surface area contributed by atoms with Crippen LogP contribution in [-0.4, -0.2) is 48.7 Å². The number of nitrogens with two attached hydrogens (primary N) is 1. The lowest BCUT2D eigenvalue weighted by molar-refractivity contribution is 0.208. The Kier molecular flexibility index (Phi) is 6.99. The Balaban J connectivity index is 1.56. The standard InChI is InChI=1S/C23H27N7OS/c1-14(2)19-20-21(30-29-19)22(28-23(27-20)32-13-17(31)11-24)26-12-15-6-8-16(9-7-15)18-5-3-4-10-25-18/h3-10,14,17,31H,11-13,24H2,1-2H3,(H,29,30)(H,26,27,28). The second kappa shape index (κ2) is 10.1. The maximum absolute atomic E-state index is 9.82. The van der Waals surface area contributed by atoms with Crippen LogP contribution in [0.4, 0.5) is 5.82 Å². The molecular formula is C23H27N7OS. The van der Waals surface area contributed by atoms with Gasteiger partial charge in [-0.15, -0.1) is 0 Å². The summed E-state index contributed by atoms with van der Waals surface area (Å²) in [6, 6.07) is 14.2. The van der Waals surface area contributed by atoms with Crippen LogP contribution in [0.15, 0.2) is 53.8 Å². The molecular weight excluding hydrogens is 422 g/mol. The van der Waals surface area contributed by atoms with Gasteiger partial charge in [0, 0.05) is 30.6 Å². The maximum atomic E-state index is 9.82. The Hall–Kier alpha value is -3.01. The van der Waals surface area contributed by atoms with E-state index in [2.05, 4.69) is 68.6 Å². The number of thioether (sulfide) groups is 1. The molecule has 0 aliphatic rings. The Bertz CT molecular complexity index is 1160. The zero-order valence-electron chi connectivity index (χ0n) is 18.1. The normalized spacial score (nSPS) is 12.4. The van der Waals surface area contributed by atoms with E-state index in [9.17, 15) is 5.11 Å². The quantitative estimate of drug-likeness (QED) is 0.226. The highest BCUT2D eigenvalue weighted by atomic mass is 32.2. The maximum Gasteiger partial charge on any atom is 0.190 e. The summed E-state index contributed by atoms with van der Waals surface area (Å²) in [7, 11) is 0. The Morgan fingerprint density at radius 2 is 1.91 bits per heavy atom. The number of nitrogens with one attached hydrogen (secondary N) is 2. The summed E-state index contributed by atoms with van der Waals surface area (Å²) in [4.78, 5) is 13.7. The molecule has 0 bridgehead atoms. The van der Waals surface area contributed by atoms with E-state index in [-0.39, 0.29) is 12.5 Å². The Morgan fingerprint density at radius 3 is 2.59 bits per heavy atom. The summed E-state index contributed by atoms with van der Waals surface area (Å²) in [6.45, 7) is 4.98. The van der Waals surface area contributed by atoms with Gasteiger partial charge in [-0.25, -0.2) is 9.97 Å². The molecule has 9 heteroatoms. The van der Waals surface area contributed by atoms with Crippen molar-refractivity contribution in [3.05, 3.63) is 59.9 Å². The third-order valence-corrected chi connectivity index (χ3v) is 6.03. The fraction of sp³-hybridized carbons (Fsp3) is 0.304. The van der Waals surface area contributed by atoms with Gasteiger partial charge >= 0.3 is 0 Å². The van der Waals surface area contributed by atoms with Gasteiger partial charge in [-0.3, -0.25) is 10.1 Å². The molecule has 1 aromatic carbocycles. The van der Waals surface area contributed by atoms with Crippen molar-refractivity contribution in [2.45, 2.75) is 37.6 Å². The van der Waals surface area contributed by atoms with E-state index in [0.717, 1.165) is 28.0 Å². The van der Waals surface area contributed by atoms with Gasteiger partial charge in [-0.2, -0.15) is 5.10 Å². The number of anilines is 1. The third-order valence-electron chi connectivity index (χ3n) is 5.04. The smallest absolute Gasteiger partial charge is 0.190 e. The molecule has 0 fully saturated rings. The number of aliphatic hydroxyl groups is 1. The summed E-state index contributed by atoms with van der Waals surface area (Å²) >= 11 is 1.39. The summed E-state index contributed by atoms with van der Waals surface area (Å²) in [6.07, 6.45) is 1.20. The van der Waals surface area contributed by atoms with Crippen LogP contribution in [0.3, 0.4) is 0 Å². The van der Waals surface area contributed by atoms with Crippen LogP contribution in [0.25, 0.3) is 22.3 Å². The van der Waals surface area contributed by atoms with E-state index in [0.29, 0.717) is 28.8 Å². The molecule has 32 heavy (non-hydrogen) atoms. The van der Waals surface area contributed by atoms with Crippen molar-refractivity contribution in [1.82, 2.24) is 25.1 Å². The van der Waals surface area contributed by atoms with Crippen molar-refractivity contribution in [2.75, 3.05) is 17.6 Å². The van der Waals surface area contributed by atoms with E-state index in [4.69, 9.17) is 5.73 Å². The monoisotopic (exact) mass is 449 g/mol. The number of benzene rings is 1. The molecule has 0 spiro atoms. The zero-order chi connectivity index (χ0) is 22.5. The molecule has 3 heterocycles. The molecule has 4 rings (SSSR count). The van der Waals surface area contributed by atoms with Crippen molar-refractivity contribution in [3.63, 3.8) is 0 Å². The predicted octanol–water partition coefficient (Wildman–Crippen LogP) is 3.56. The minimum absolute atomic E-state index is 0.206. The highest BCUT2D eigenvalue weighted by Crippen LogP contribution is 2.29. The fourth-order valence-corrected chi connectivity index (χ4v) is 4.03. The number of aromatic amines is 1. The fourth-order valence-electron chi connectivity index (χ4n) is 3.24. The highest BCUT2D eigenvalue weighted by molar-refractivity contribution is 7.99. The van der Waals surface area contributed by atoms with E-state index in [1.807, 2.05) is 18.2 Å². The van der Waals surface area contributed by atoms with Crippen LogP contribution >= 0.6 is 11.8 Å². The molecule has 166 valence electrons. The minimum Gasteiger partial charge on any atom is -0.391 e. The average molecular weight is 450 g/mol. The van der Waals surface area contributed by atoms with Gasteiger partial charge in [0.15, 0.2) is 16.5 Å². The van der Waals surface area contributed by atoms with Crippen LogP contribution < -0.4 is 11.1 Å². The first-order valence-corrected chi connectivity index (χ1v) is 11.5. The molecule has 0 radical (unpaired) electrons. The molecule has 0 aliphatic heterocycles. The van der Waals surface area contributed by atoms with E-state index >= 15 is 0 Å². The first kappa shape index (κ1) is 22.2. The second-order valence-corrected chi connectivity index (χ2v) is 8.80. The molecule has 0 amide bonds. The van der Waals surface area contributed by atoms with Crippen LogP contribution in [0.2, 0.25) is 0 Å². The van der Waals surface area contributed by atoms with Crippen LogP contribution in [-0.2, 0) is 6.54 Å². The van der Waals surface area contributed by atoms with Gasteiger partial charge in [0.25, 0.3) is 0 Å². The van der Waals surface area contributed by atoms with Gasteiger partial charge in [0.1, 0.15) is 5.52 Å². The van der Waals surface area contributed by atoms with Crippen molar-refractivity contribution >= 4 is 28.6 Å². The van der Waals surface area contributed by atoms with E-state index in [1.165, 1.54) is 11.8 Å². The van der Waals surface area contributed by atoms with Crippen molar-refractivity contribution < 1.29 is 5.11 Å². The van der Waals surface area contributed by atoms with Gasteiger partial charge in [0.2, 0.25) is 0 Å². The molecule has 1 unspecified atom stereocenters. The number of H-pyrrole nitrogens is 1. The molecule has 0 aliphatic carbocycles. The lowest BCUT2D eigenvalue weighted by Gasteiger charge is -2.11. The summed E-state index contributed by atoms with van der Waals surface area (Å²) in [5, 5.41) is 21.4. The van der Waals surface area contributed by atoms with Crippen LogP contribution in [0, 0.1) is 0 Å². The number of pyridine rings is 1. The number of hydrogen-bond acceptors (Lipinski definition) is 8. The predicted molar refractivity (Wildman–Crippen MR) is 129 cm³/mol. The van der Waals surface area contributed by atoms with Crippen LogP contribution in [0.1, 0.15) is 31.0 Å².